The molecule has 0 radical (unpaired) electrons. The molecule has 206 valence electrons. The van der Waals surface area contributed by atoms with Crippen molar-refractivity contribution in [1.29, 1.82) is 0 Å². The second kappa shape index (κ2) is 11.7. The van der Waals surface area contributed by atoms with Crippen molar-refractivity contribution in [2.45, 2.75) is 37.6 Å². The van der Waals surface area contributed by atoms with Gasteiger partial charge in [-0.25, -0.2) is 13.4 Å². The van der Waals surface area contributed by atoms with Gasteiger partial charge in [-0.2, -0.15) is 9.82 Å². The molecule has 0 aliphatic heterocycles. The molecule has 0 spiro atoms. The van der Waals surface area contributed by atoms with Gasteiger partial charge in [-0.3, -0.25) is 14.3 Å². The lowest BCUT2D eigenvalue weighted by atomic mass is 10.1. The number of anilines is 1. The third-order valence-electron chi connectivity index (χ3n) is 6.31. The maximum absolute atomic E-state index is 12.9. The van der Waals surface area contributed by atoms with Crippen LogP contribution in [0.3, 0.4) is 0 Å². The zero-order valence-electron chi connectivity index (χ0n) is 21.9. The minimum atomic E-state index is -4.14. The summed E-state index contributed by atoms with van der Waals surface area (Å²) < 4.78 is 29.8. The van der Waals surface area contributed by atoms with Gasteiger partial charge in [0.25, 0.3) is 5.91 Å². The second-order valence-corrected chi connectivity index (χ2v) is 10.9. The van der Waals surface area contributed by atoms with E-state index in [1.165, 1.54) is 0 Å². The molecule has 0 saturated heterocycles. The number of carbonyl (C=O) groups is 2. The molecule has 1 atom stereocenters. The standard InChI is InChI=1S/C26H31N7O5S/c1-16-6-4-7-17(2)23(16)39(37,38)32-21(25(35)36)15-30-24(34)18-9-10-19-20(31-33(3)22(19)14-18)8-5-11-27-26-28-12-13-29-26/h4,6-7,9-10,12-14,21,32H,5,8,11,15H2,1-3H3,(H,30,34)(H,35,36)(H2,27,28,29). The van der Waals surface area contributed by atoms with Crippen LogP contribution in [0.4, 0.5) is 5.95 Å². The van der Waals surface area contributed by atoms with Gasteiger partial charge in [-0.15, -0.1) is 0 Å². The number of nitrogens with zero attached hydrogens (tertiary/aromatic N) is 3. The molecule has 12 nitrogen and oxygen atoms in total. The largest absolute Gasteiger partial charge is 0.480 e. The summed E-state index contributed by atoms with van der Waals surface area (Å²) in [5, 5.41) is 20.9. The number of rotatable bonds is 12. The molecule has 13 heteroatoms. The van der Waals surface area contributed by atoms with Crippen LogP contribution in [0, 0.1) is 13.8 Å². The number of hydrogen-bond donors (Lipinski definition) is 5. The van der Waals surface area contributed by atoms with Crippen LogP contribution in [0.15, 0.2) is 53.7 Å². The Bertz CT molecular complexity index is 1580. The van der Waals surface area contributed by atoms with Crippen LogP contribution in [0.1, 0.15) is 33.6 Å². The Labute approximate surface area is 225 Å². The summed E-state index contributed by atoms with van der Waals surface area (Å²) in [7, 11) is -2.35. The number of hydrogen-bond acceptors (Lipinski definition) is 7. The zero-order chi connectivity index (χ0) is 28.2. The predicted octanol–water partition coefficient (Wildman–Crippen LogP) is 2.12. The number of carbonyl (C=O) groups excluding carboxylic acids is 1. The van der Waals surface area contributed by atoms with Crippen LogP contribution in [-0.4, -0.2) is 64.3 Å². The molecule has 0 aliphatic rings. The van der Waals surface area contributed by atoms with Crippen LogP contribution in [0.5, 0.6) is 0 Å². The summed E-state index contributed by atoms with van der Waals surface area (Å²) in [5.74, 6) is -1.22. The SMILES string of the molecule is Cc1cccc(C)c1S(=O)(=O)NC(CNC(=O)c1ccc2c(CCCNc3ncc[nH]3)nn(C)c2c1)C(=O)O. The van der Waals surface area contributed by atoms with Crippen LogP contribution in [0.2, 0.25) is 0 Å². The Balaban J connectivity index is 1.41. The Hall–Kier alpha value is -4.23. The van der Waals surface area contributed by atoms with Crippen molar-refractivity contribution in [2.24, 2.45) is 7.05 Å². The summed E-state index contributed by atoms with van der Waals surface area (Å²) >= 11 is 0. The molecular weight excluding hydrogens is 522 g/mol. The molecule has 2 aromatic heterocycles. The van der Waals surface area contributed by atoms with Crippen LogP contribution >= 0.6 is 0 Å². The first-order valence-electron chi connectivity index (χ1n) is 12.3. The van der Waals surface area contributed by atoms with Crippen molar-refractivity contribution in [3.05, 3.63) is 71.2 Å². The highest BCUT2D eigenvalue weighted by molar-refractivity contribution is 7.89. The van der Waals surface area contributed by atoms with Gasteiger partial charge in [-0.05, 0) is 49.9 Å². The number of sulfonamides is 1. The molecule has 5 N–H and O–H groups in total. The Morgan fingerprint density at radius 1 is 1.15 bits per heavy atom. The number of H-pyrrole nitrogens is 1. The maximum Gasteiger partial charge on any atom is 0.323 e. The van der Waals surface area contributed by atoms with Crippen molar-refractivity contribution < 1.29 is 23.1 Å². The van der Waals surface area contributed by atoms with Crippen LogP contribution in [-0.2, 0) is 28.3 Å². The van der Waals surface area contributed by atoms with Gasteiger partial charge in [0.2, 0.25) is 10.0 Å². The maximum atomic E-state index is 12.9. The second-order valence-electron chi connectivity index (χ2n) is 9.21. The molecule has 0 aliphatic carbocycles. The fourth-order valence-electron chi connectivity index (χ4n) is 4.43. The molecule has 39 heavy (non-hydrogen) atoms. The summed E-state index contributed by atoms with van der Waals surface area (Å²) in [6.07, 6.45) is 4.96. The number of benzene rings is 2. The van der Waals surface area contributed by atoms with Gasteiger partial charge >= 0.3 is 5.97 Å². The van der Waals surface area contributed by atoms with Gasteiger partial charge in [0.15, 0.2) is 5.95 Å². The fraction of sp³-hybridized carbons (Fsp3) is 0.308. The number of aromatic amines is 1. The number of carboxylic acids is 1. The topological polar surface area (TPSA) is 171 Å². The van der Waals surface area contributed by atoms with E-state index in [0.717, 1.165) is 29.4 Å². The smallest absolute Gasteiger partial charge is 0.323 e. The van der Waals surface area contributed by atoms with Crippen molar-refractivity contribution in [3.8, 4) is 0 Å². The number of aryl methyl sites for hydroxylation is 4. The Morgan fingerprint density at radius 2 is 1.90 bits per heavy atom. The molecule has 4 rings (SSSR count). The molecule has 0 bridgehead atoms. The fourth-order valence-corrected chi connectivity index (χ4v) is 6.09. The minimum Gasteiger partial charge on any atom is -0.480 e. The highest BCUT2D eigenvalue weighted by atomic mass is 32.2. The number of aliphatic carboxylic acids is 1. The summed E-state index contributed by atoms with van der Waals surface area (Å²) in [4.78, 5) is 31.8. The van der Waals surface area contributed by atoms with E-state index in [9.17, 15) is 23.1 Å². The quantitative estimate of drug-likeness (QED) is 0.166. The van der Waals surface area contributed by atoms with Crippen LogP contribution in [0.25, 0.3) is 10.9 Å². The average molecular weight is 554 g/mol. The normalized spacial score (nSPS) is 12.4. The molecule has 0 fully saturated rings. The van der Waals surface area contributed by atoms with E-state index in [4.69, 9.17) is 0 Å². The Morgan fingerprint density at radius 3 is 2.56 bits per heavy atom. The van der Waals surface area contributed by atoms with E-state index < -0.39 is 34.5 Å². The van der Waals surface area contributed by atoms with E-state index in [2.05, 4.69) is 30.4 Å². The minimum absolute atomic E-state index is 0.0248. The Kier molecular flexibility index (Phi) is 8.31. The van der Waals surface area contributed by atoms with Gasteiger partial charge in [0.1, 0.15) is 6.04 Å². The van der Waals surface area contributed by atoms with Gasteiger partial charge in [-0.1, -0.05) is 24.3 Å². The lowest BCUT2D eigenvalue weighted by molar-refractivity contribution is -0.138. The zero-order valence-corrected chi connectivity index (χ0v) is 22.7. The molecule has 0 saturated carbocycles. The summed E-state index contributed by atoms with van der Waals surface area (Å²) in [5.41, 5.74) is 2.94. The third kappa shape index (κ3) is 6.44. The van der Waals surface area contributed by atoms with Gasteiger partial charge in [0.05, 0.1) is 16.1 Å². The monoisotopic (exact) mass is 553 g/mol. The third-order valence-corrected chi connectivity index (χ3v) is 8.09. The van der Waals surface area contributed by atoms with Crippen molar-refractivity contribution >= 4 is 38.8 Å². The molecular formula is C26H31N7O5S. The van der Waals surface area contributed by atoms with E-state index in [1.807, 2.05) is 6.07 Å². The van der Waals surface area contributed by atoms with Gasteiger partial charge in [0, 0.05) is 43.5 Å². The number of amides is 1. The molecule has 2 heterocycles. The molecule has 4 aromatic rings. The number of aromatic nitrogens is 4. The highest BCUT2D eigenvalue weighted by Gasteiger charge is 2.28. The lowest BCUT2D eigenvalue weighted by Crippen LogP contribution is -2.48. The number of carboxylic acid groups (broad SMARTS) is 1. The predicted molar refractivity (Wildman–Crippen MR) is 146 cm³/mol. The molecule has 1 amide bonds. The van der Waals surface area contributed by atoms with E-state index in [-0.39, 0.29) is 4.90 Å². The number of fused-ring (bicyclic) bond motifs is 1. The number of nitrogens with one attached hydrogen (secondary N) is 4. The molecule has 1 unspecified atom stereocenters. The van der Waals surface area contributed by atoms with Crippen LogP contribution < -0.4 is 15.4 Å². The summed E-state index contributed by atoms with van der Waals surface area (Å²) in [6, 6.07) is 8.57. The first kappa shape index (κ1) is 27.8. The van der Waals surface area contributed by atoms with Gasteiger partial charge < -0.3 is 20.7 Å². The summed E-state index contributed by atoms with van der Waals surface area (Å²) in [6.45, 7) is 3.55. The average Bonchev–Trinajstić information content (AvgIpc) is 3.51. The van der Waals surface area contributed by atoms with Crippen molar-refractivity contribution in [2.75, 3.05) is 18.4 Å². The lowest BCUT2D eigenvalue weighted by Gasteiger charge is -2.18. The van der Waals surface area contributed by atoms with E-state index in [0.29, 0.717) is 29.2 Å². The molecule has 2 aromatic carbocycles. The number of imidazole rings is 1. The first-order valence-corrected chi connectivity index (χ1v) is 13.8. The van der Waals surface area contributed by atoms with E-state index in [1.54, 1.807) is 68.3 Å². The van der Waals surface area contributed by atoms with Crippen molar-refractivity contribution in [3.63, 3.8) is 0 Å². The van der Waals surface area contributed by atoms with E-state index >= 15 is 0 Å². The van der Waals surface area contributed by atoms with Crippen molar-refractivity contribution in [1.82, 2.24) is 29.8 Å². The first-order chi connectivity index (χ1) is 18.6. The highest BCUT2D eigenvalue weighted by Crippen LogP contribution is 2.22.